The van der Waals surface area contributed by atoms with E-state index in [0.29, 0.717) is 40.8 Å². The van der Waals surface area contributed by atoms with E-state index < -0.39 is 12.0 Å². The average molecular weight is 513 g/mol. The molecule has 1 saturated heterocycles. The topological polar surface area (TPSA) is 76.8 Å². The Bertz CT molecular complexity index is 1690. The van der Waals surface area contributed by atoms with Crippen LogP contribution in [0.15, 0.2) is 71.9 Å². The molecule has 0 unspecified atom stereocenters. The molecule has 2 aliphatic heterocycles. The lowest BCUT2D eigenvalue weighted by Gasteiger charge is -2.23. The molecule has 1 atom stereocenters. The number of ether oxygens (including phenoxy) is 1. The zero-order valence-electron chi connectivity index (χ0n) is 20.4. The van der Waals surface area contributed by atoms with Crippen molar-refractivity contribution in [3.63, 3.8) is 0 Å². The van der Waals surface area contributed by atoms with Crippen LogP contribution in [-0.2, 0) is 20.7 Å². The van der Waals surface area contributed by atoms with Gasteiger partial charge in [-0.25, -0.2) is 18.5 Å². The molecule has 4 aromatic rings. The molecule has 7 nitrogen and oxygen atoms in total. The Balaban J connectivity index is 1.36. The third kappa shape index (κ3) is 4.52. The van der Waals surface area contributed by atoms with Crippen molar-refractivity contribution in [3.8, 4) is 16.8 Å². The van der Waals surface area contributed by atoms with E-state index in [-0.39, 0.29) is 24.2 Å². The van der Waals surface area contributed by atoms with E-state index in [9.17, 15) is 18.4 Å². The Morgan fingerprint density at radius 3 is 2.61 bits per heavy atom. The molecule has 0 N–H and O–H groups in total. The molecule has 3 aromatic carbocycles. The molecule has 2 aliphatic rings. The van der Waals surface area contributed by atoms with Gasteiger partial charge in [0.25, 0.3) is 11.8 Å². The van der Waals surface area contributed by atoms with Crippen molar-refractivity contribution < 1.29 is 23.1 Å². The lowest BCUT2D eigenvalue weighted by molar-refractivity contribution is -0.128. The predicted molar refractivity (Wildman–Crippen MR) is 134 cm³/mol. The first-order valence-corrected chi connectivity index (χ1v) is 12.1. The molecule has 0 spiro atoms. The first kappa shape index (κ1) is 23.9. The van der Waals surface area contributed by atoms with E-state index in [4.69, 9.17) is 9.84 Å². The summed E-state index contributed by atoms with van der Waals surface area (Å²) in [7, 11) is 0. The maximum atomic E-state index is 14.2. The monoisotopic (exact) mass is 512 g/mol. The Morgan fingerprint density at radius 2 is 1.82 bits per heavy atom. The molecular weight excluding hydrogens is 490 g/mol. The molecule has 9 heteroatoms. The summed E-state index contributed by atoms with van der Waals surface area (Å²) in [5, 5.41) is 6.12. The molecule has 1 fully saturated rings. The van der Waals surface area contributed by atoms with E-state index in [1.165, 1.54) is 30.3 Å². The quantitative estimate of drug-likeness (QED) is 0.398. The Hall–Kier alpha value is -4.50. The number of halogens is 2. The van der Waals surface area contributed by atoms with Crippen LogP contribution in [0.25, 0.3) is 22.9 Å². The number of amides is 2. The van der Waals surface area contributed by atoms with Crippen LogP contribution in [0, 0.1) is 18.6 Å². The van der Waals surface area contributed by atoms with Gasteiger partial charge in [0.05, 0.1) is 11.0 Å². The lowest BCUT2D eigenvalue weighted by atomic mass is 10.0. The molecule has 6 rings (SSSR count). The van der Waals surface area contributed by atoms with E-state index in [1.54, 1.807) is 40.9 Å². The molecule has 1 aromatic heterocycles. The van der Waals surface area contributed by atoms with Crippen molar-refractivity contribution in [1.82, 2.24) is 14.7 Å². The number of aryl methyl sites for hydroxylation is 1. The van der Waals surface area contributed by atoms with Crippen molar-refractivity contribution in [3.05, 3.63) is 106 Å². The fourth-order valence-corrected chi connectivity index (χ4v) is 4.82. The van der Waals surface area contributed by atoms with Gasteiger partial charge in [-0.05, 0) is 66.4 Å². The second-order valence-corrected chi connectivity index (χ2v) is 9.35. The van der Waals surface area contributed by atoms with Gasteiger partial charge in [0.1, 0.15) is 23.9 Å². The Labute approximate surface area is 216 Å². The fraction of sp³-hybridized carbons (Fsp3) is 0.172. The lowest BCUT2D eigenvalue weighted by Crippen LogP contribution is -2.31. The van der Waals surface area contributed by atoms with Crippen LogP contribution in [0.4, 0.5) is 8.78 Å². The minimum Gasteiger partial charge on any atom is -0.342 e. The number of rotatable bonds is 6. The van der Waals surface area contributed by atoms with Gasteiger partial charge in [-0.1, -0.05) is 24.3 Å². The Morgan fingerprint density at radius 1 is 1.00 bits per heavy atom. The van der Waals surface area contributed by atoms with E-state index in [1.807, 2.05) is 18.2 Å². The van der Waals surface area contributed by atoms with Gasteiger partial charge in [0.2, 0.25) is 0 Å². The van der Waals surface area contributed by atoms with Gasteiger partial charge >= 0.3 is 0 Å². The molecule has 38 heavy (non-hydrogen) atoms. The molecule has 0 saturated carbocycles. The minimum atomic E-state index is -0.785. The zero-order chi connectivity index (χ0) is 26.4. The second-order valence-electron chi connectivity index (χ2n) is 9.35. The first-order valence-electron chi connectivity index (χ1n) is 12.1. The largest absolute Gasteiger partial charge is 0.342 e. The maximum Gasteiger partial charge on any atom is 0.270 e. The molecule has 0 aliphatic carbocycles. The summed E-state index contributed by atoms with van der Waals surface area (Å²) in [4.78, 5) is 30.1. The van der Waals surface area contributed by atoms with Crippen molar-refractivity contribution in [2.24, 2.45) is 4.99 Å². The van der Waals surface area contributed by atoms with Gasteiger partial charge < -0.3 is 9.64 Å². The van der Waals surface area contributed by atoms with Crippen molar-refractivity contribution in [1.29, 1.82) is 0 Å². The molecule has 0 bridgehead atoms. The van der Waals surface area contributed by atoms with Gasteiger partial charge in [0.15, 0.2) is 6.23 Å². The van der Waals surface area contributed by atoms with Crippen molar-refractivity contribution in [2.45, 2.75) is 19.6 Å². The van der Waals surface area contributed by atoms with Crippen LogP contribution in [-0.4, -0.2) is 39.6 Å². The molecule has 3 heterocycles. The molecular formula is C29H22F2N4O3. The van der Waals surface area contributed by atoms with Gasteiger partial charge in [-0.3, -0.25) is 9.59 Å². The number of hydrogen-bond donors (Lipinski definition) is 0. The van der Waals surface area contributed by atoms with Crippen molar-refractivity contribution >= 4 is 17.9 Å². The van der Waals surface area contributed by atoms with Crippen LogP contribution in [0.5, 0.6) is 0 Å². The van der Waals surface area contributed by atoms with E-state index >= 15 is 0 Å². The number of nitrogens with zero attached hydrogens (tertiary/aromatic N) is 4. The van der Waals surface area contributed by atoms with Gasteiger partial charge in [-0.2, -0.15) is 5.10 Å². The smallest absolute Gasteiger partial charge is 0.270 e. The third-order valence-corrected chi connectivity index (χ3v) is 6.64. The van der Waals surface area contributed by atoms with Gasteiger partial charge in [-0.15, -0.1) is 0 Å². The molecule has 0 radical (unpaired) electrons. The van der Waals surface area contributed by atoms with Crippen LogP contribution >= 0.6 is 0 Å². The summed E-state index contributed by atoms with van der Waals surface area (Å²) in [6.07, 6.45) is 2.95. The van der Waals surface area contributed by atoms with Crippen LogP contribution < -0.4 is 10.6 Å². The van der Waals surface area contributed by atoms with E-state index in [0.717, 1.165) is 16.3 Å². The van der Waals surface area contributed by atoms with E-state index in [2.05, 4.69) is 4.99 Å². The number of carbonyl (C=O) groups is 2. The highest BCUT2D eigenvalue weighted by molar-refractivity contribution is 6.06. The first-order chi connectivity index (χ1) is 18.3. The summed E-state index contributed by atoms with van der Waals surface area (Å²) < 4.78 is 35.3. The van der Waals surface area contributed by atoms with Crippen molar-refractivity contribution in [2.75, 3.05) is 13.2 Å². The number of carbonyl (C=O) groups excluding carboxylic acids is 2. The summed E-state index contributed by atoms with van der Waals surface area (Å²) >= 11 is 0. The SMILES string of the molecule is Cc1cc(F)cc(-n2cc(-c3ccc(F)cc3)c([C@@H]3OCC(=O)N3CCc3ccc4c(c3)=NC(=O)C=4)n2)c1. The van der Waals surface area contributed by atoms with Crippen LogP contribution in [0.2, 0.25) is 0 Å². The number of fused-ring (bicyclic) bond motifs is 1. The summed E-state index contributed by atoms with van der Waals surface area (Å²) in [5.41, 5.74) is 3.96. The standard InChI is InChI=1S/C29H22F2N4O3/c1-17-10-22(31)14-23(11-17)35-15-24(19-4-6-21(30)7-5-19)28(33-35)29-34(27(37)16-38-29)9-8-18-2-3-20-13-26(36)32-25(20)12-18/h2-7,10-15,29H,8-9,16H2,1H3/t29-/m0/s1. The summed E-state index contributed by atoms with van der Waals surface area (Å²) in [6.45, 7) is 2.02. The average Bonchev–Trinajstić information content (AvgIpc) is 3.58. The van der Waals surface area contributed by atoms with Crippen LogP contribution in [0.3, 0.4) is 0 Å². The summed E-state index contributed by atoms with van der Waals surface area (Å²) in [5.74, 6) is -1.24. The highest BCUT2D eigenvalue weighted by Gasteiger charge is 2.36. The number of aromatic nitrogens is 2. The highest BCUT2D eigenvalue weighted by atomic mass is 19.1. The minimum absolute atomic E-state index is 0.109. The predicted octanol–water partition coefficient (Wildman–Crippen LogP) is 3.17. The maximum absolute atomic E-state index is 14.2. The number of benzene rings is 3. The molecule has 2 amide bonds. The summed E-state index contributed by atoms with van der Waals surface area (Å²) in [6, 6.07) is 16.2. The Kier molecular flexibility index (Phi) is 5.92. The van der Waals surface area contributed by atoms with Gasteiger partial charge in [0, 0.05) is 29.6 Å². The second kappa shape index (κ2) is 9.42. The third-order valence-electron chi connectivity index (χ3n) is 6.64. The molecule has 190 valence electrons. The zero-order valence-corrected chi connectivity index (χ0v) is 20.4. The van der Waals surface area contributed by atoms with Crippen LogP contribution in [0.1, 0.15) is 23.0 Å². The fourth-order valence-electron chi connectivity index (χ4n) is 4.82. The normalized spacial score (nSPS) is 16.5. The highest BCUT2D eigenvalue weighted by Crippen LogP contribution is 2.35. The number of hydrogen-bond acceptors (Lipinski definition) is 4.